The minimum Gasteiger partial charge on any atom is -0.381 e. The van der Waals surface area contributed by atoms with Gasteiger partial charge in [-0.05, 0) is 43.5 Å². The third-order valence-corrected chi connectivity index (χ3v) is 4.84. The first kappa shape index (κ1) is 16.8. The fraction of sp³-hybridized carbons (Fsp3) is 0.421. The number of aromatic nitrogens is 2. The van der Waals surface area contributed by atoms with Crippen LogP contribution in [0, 0.1) is 5.92 Å². The Labute approximate surface area is 152 Å². The molecule has 136 valence electrons. The Balaban J connectivity index is 1.38. The number of hydrogen-bond donors (Lipinski definition) is 2. The van der Waals surface area contributed by atoms with Crippen molar-refractivity contribution >= 4 is 28.8 Å². The van der Waals surface area contributed by atoms with Crippen LogP contribution in [-0.4, -0.2) is 42.4 Å². The molecule has 2 aromatic rings. The second-order valence-corrected chi connectivity index (χ2v) is 6.75. The van der Waals surface area contributed by atoms with Crippen LogP contribution in [0.1, 0.15) is 19.3 Å². The Morgan fingerprint density at radius 3 is 2.65 bits per heavy atom. The van der Waals surface area contributed by atoms with Gasteiger partial charge in [0.25, 0.3) is 0 Å². The Morgan fingerprint density at radius 2 is 1.92 bits per heavy atom. The monoisotopic (exact) mass is 353 g/mol. The van der Waals surface area contributed by atoms with E-state index in [9.17, 15) is 4.79 Å². The van der Waals surface area contributed by atoms with Gasteiger partial charge >= 0.3 is 0 Å². The molecule has 1 atom stereocenters. The van der Waals surface area contributed by atoms with E-state index in [4.69, 9.17) is 4.74 Å². The molecule has 2 fully saturated rings. The third kappa shape index (κ3) is 3.94. The van der Waals surface area contributed by atoms with Gasteiger partial charge in [0.05, 0.1) is 24.4 Å². The highest BCUT2D eigenvalue weighted by Crippen LogP contribution is 2.24. The Bertz CT molecular complexity index is 753. The zero-order valence-corrected chi connectivity index (χ0v) is 14.6. The van der Waals surface area contributed by atoms with Gasteiger partial charge in [-0.25, -0.2) is 0 Å². The predicted molar refractivity (Wildman–Crippen MR) is 101 cm³/mol. The molecule has 2 N–H and O–H groups in total. The summed E-state index contributed by atoms with van der Waals surface area (Å²) in [5.41, 5.74) is 2.78. The van der Waals surface area contributed by atoms with Gasteiger partial charge in [-0.3, -0.25) is 4.79 Å². The molecule has 3 heterocycles. The Morgan fingerprint density at radius 1 is 1.15 bits per heavy atom. The number of nitrogens with zero attached hydrogens (tertiary/aromatic N) is 3. The number of rotatable bonds is 5. The normalized spacial score (nSPS) is 19.5. The van der Waals surface area contributed by atoms with Crippen molar-refractivity contribution in [1.29, 1.82) is 0 Å². The molecule has 2 aliphatic rings. The summed E-state index contributed by atoms with van der Waals surface area (Å²) in [5.74, 6) is 0.693. The van der Waals surface area contributed by atoms with Crippen molar-refractivity contribution in [3.63, 3.8) is 0 Å². The molecule has 26 heavy (non-hydrogen) atoms. The lowest BCUT2D eigenvalue weighted by molar-refractivity contribution is -0.119. The number of amides is 1. The highest BCUT2D eigenvalue weighted by molar-refractivity contribution is 5.93. The molecule has 0 bridgehead atoms. The number of ether oxygens (including phenoxy) is 1. The zero-order chi connectivity index (χ0) is 17.8. The van der Waals surface area contributed by atoms with Crippen molar-refractivity contribution in [3.05, 3.63) is 36.5 Å². The standard InChI is InChI=1S/C19H23N5O2/c25-19(14-7-10-26-13-14)22-16-5-3-15(4-6-16)21-18-11-17(12-20-23-18)24-8-1-2-9-24/h3-6,11-12,14H,1-2,7-10,13H2,(H,21,23)(H,22,25). The summed E-state index contributed by atoms with van der Waals surface area (Å²) in [4.78, 5) is 14.4. The molecule has 1 aromatic heterocycles. The number of carbonyl (C=O) groups is 1. The lowest BCUT2D eigenvalue weighted by Gasteiger charge is -2.17. The van der Waals surface area contributed by atoms with Crippen LogP contribution < -0.4 is 15.5 Å². The lowest BCUT2D eigenvalue weighted by Crippen LogP contribution is -2.22. The number of nitrogens with one attached hydrogen (secondary N) is 2. The largest absolute Gasteiger partial charge is 0.381 e. The summed E-state index contributed by atoms with van der Waals surface area (Å²) < 4.78 is 5.26. The van der Waals surface area contributed by atoms with Gasteiger partial charge in [0.1, 0.15) is 0 Å². The predicted octanol–water partition coefficient (Wildman–Crippen LogP) is 2.80. The quantitative estimate of drug-likeness (QED) is 0.860. The van der Waals surface area contributed by atoms with Crippen LogP contribution in [0.3, 0.4) is 0 Å². The minimum atomic E-state index is -0.0450. The number of carbonyl (C=O) groups excluding carboxylic acids is 1. The van der Waals surface area contributed by atoms with E-state index in [0.29, 0.717) is 19.0 Å². The topological polar surface area (TPSA) is 79.4 Å². The first-order valence-electron chi connectivity index (χ1n) is 9.11. The Kier molecular flexibility index (Phi) is 4.97. The summed E-state index contributed by atoms with van der Waals surface area (Å²) >= 11 is 0. The minimum absolute atomic E-state index is 0.0207. The molecule has 1 amide bonds. The number of anilines is 4. The summed E-state index contributed by atoms with van der Waals surface area (Å²) in [6.45, 7) is 3.33. The van der Waals surface area contributed by atoms with E-state index < -0.39 is 0 Å². The second-order valence-electron chi connectivity index (χ2n) is 6.75. The molecule has 2 saturated heterocycles. The molecule has 7 nitrogen and oxygen atoms in total. The van der Waals surface area contributed by atoms with Crippen LogP contribution in [0.4, 0.5) is 22.9 Å². The van der Waals surface area contributed by atoms with Crippen molar-refractivity contribution in [2.75, 3.05) is 41.8 Å². The maximum atomic E-state index is 12.1. The van der Waals surface area contributed by atoms with Gasteiger partial charge in [-0.2, -0.15) is 5.10 Å². The van der Waals surface area contributed by atoms with Gasteiger partial charge in [0.15, 0.2) is 5.82 Å². The van der Waals surface area contributed by atoms with E-state index in [0.717, 1.165) is 36.6 Å². The molecule has 0 radical (unpaired) electrons. The van der Waals surface area contributed by atoms with Crippen molar-refractivity contribution in [1.82, 2.24) is 10.2 Å². The smallest absolute Gasteiger partial charge is 0.229 e. The summed E-state index contributed by atoms with van der Waals surface area (Å²) in [6.07, 6.45) is 5.05. The molecule has 1 unspecified atom stereocenters. The number of benzene rings is 1. The van der Waals surface area contributed by atoms with E-state index in [1.165, 1.54) is 12.8 Å². The van der Waals surface area contributed by atoms with Crippen molar-refractivity contribution in [2.45, 2.75) is 19.3 Å². The summed E-state index contributed by atoms with van der Waals surface area (Å²) in [7, 11) is 0. The molecular weight excluding hydrogens is 330 g/mol. The van der Waals surface area contributed by atoms with Crippen LogP contribution in [0.5, 0.6) is 0 Å². The van der Waals surface area contributed by atoms with E-state index in [1.807, 2.05) is 36.5 Å². The highest BCUT2D eigenvalue weighted by atomic mass is 16.5. The van der Waals surface area contributed by atoms with Crippen molar-refractivity contribution in [3.8, 4) is 0 Å². The number of hydrogen-bond acceptors (Lipinski definition) is 6. The van der Waals surface area contributed by atoms with E-state index >= 15 is 0 Å². The SMILES string of the molecule is O=C(Nc1ccc(Nc2cc(N3CCCC3)cnn2)cc1)C1CCOC1. The van der Waals surface area contributed by atoms with Crippen LogP contribution in [0.2, 0.25) is 0 Å². The highest BCUT2D eigenvalue weighted by Gasteiger charge is 2.23. The van der Waals surface area contributed by atoms with Crippen LogP contribution in [0.25, 0.3) is 0 Å². The molecule has 0 aliphatic carbocycles. The third-order valence-electron chi connectivity index (χ3n) is 4.84. The zero-order valence-electron chi connectivity index (χ0n) is 14.6. The van der Waals surface area contributed by atoms with Gasteiger partial charge in [0.2, 0.25) is 5.91 Å². The summed E-state index contributed by atoms with van der Waals surface area (Å²) in [5, 5.41) is 14.5. The molecule has 0 saturated carbocycles. The summed E-state index contributed by atoms with van der Waals surface area (Å²) in [6, 6.07) is 9.63. The van der Waals surface area contributed by atoms with Crippen LogP contribution in [-0.2, 0) is 9.53 Å². The Hall–Kier alpha value is -2.67. The molecule has 4 rings (SSSR count). The average Bonchev–Trinajstić information content (AvgIpc) is 3.38. The van der Waals surface area contributed by atoms with E-state index in [1.54, 1.807) is 0 Å². The first-order chi connectivity index (χ1) is 12.8. The maximum Gasteiger partial charge on any atom is 0.229 e. The van der Waals surface area contributed by atoms with Gasteiger partial charge in [0, 0.05) is 37.1 Å². The van der Waals surface area contributed by atoms with Crippen LogP contribution >= 0.6 is 0 Å². The fourth-order valence-corrected chi connectivity index (χ4v) is 3.34. The first-order valence-corrected chi connectivity index (χ1v) is 9.11. The van der Waals surface area contributed by atoms with E-state index in [2.05, 4.69) is 25.7 Å². The van der Waals surface area contributed by atoms with E-state index in [-0.39, 0.29) is 11.8 Å². The lowest BCUT2D eigenvalue weighted by atomic mass is 10.1. The van der Waals surface area contributed by atoms with Gasteiger partial charge < -0.3 is 20.3 Å². The van der Waals surface area contributed by atoms with Gasteiger partial charge in [-0.1, -0.05) is 0 Å². The van der Waals surface area contributed by atoms with Crippen LogP contribution in [0.15, 0.2) is 36.5 Å². The van der Waals surface area contributed by atoms with Crippen molar-refractivity contribution < 1.29 is 9.53 Å². The second kappa shape index (κ2) is 7.70. The molecule has 1 aromatic carbocycles. The molecule has 2 aliphatic heterocycles. The molecular formula is C19H23N5O2. The molecule has 7 heteroatoms. The van der Waals surface area contributed by atoms with Crippen molar-refractivity contribution in [2.24, 2.45) is 5.92 Å². The fourth-order valence-electron chi connectivity index (χ4n) is 3.34. The average molecular weight is 353 g/mol. The maximum absolute atomic E-state index is 12.1. The molecule has 0 spiro atoms. The van der Waals surface area contributed by atoms with Gasteiger partial charge in [-0.15, -0.1) is 5.10 Å².